The van der Waals surface area contributed by atoms with Crippen LogP contribution in [-0.4, -0.2) is 12.0 Å². The lowest BCUT2D eigenvalue weighted by molar-refractivity contribution is -0.136. The molecule has 0 atom stereocenters. The zero-order valence-electron chi connectivity index (χ0n) is 9.35. The molecule has 8 heteroatoms. The minimum Gasteiger partial charge on any atom is -0.370 e. The SMILES string of the molecule is Cc1cccc(C(F)(F)F)c1NC(=O)NC(=N)N. The number of carbonyl (C=O) groups is 1. The lowest BCUT2D eigenvalue weighted by Crippen LogP contribution is -2.39. The van der Waals surface area contributed by atoms with Gasteiger partial charge < -0.3 is 11.1 Å². The van der Waals surface area contributed by atoms with Crippen molar-refractivity contribution in [2.24, 2.45) is 5.73 Å². The number of para-hydroxylation sites is 1. The Labute approximate surface area is 101 Å². The van der Waals surface area contributed by atoms with Crippen LogP contribution in [0.1, 0.15) is 11.1 Å². The van der Waals surface area contributed by atoms with Gasteiger partial charge in [-0.1, -0.05) is 12.1 Å². The van der Waals surface area contributed by atoms with Crippen molar-refractivity contribution in [1.29, 1.82) is 5.41 Å². The van der Waals surface area contributed by atoms with Crippen LogP contribution in [0.4, 0.5) is 23.7 Å². The van der Waals surface area contributed by atoms with E-state index >= 15 is 0 Å². The van der Waals surface area contributed by atoms with Crippen molar-refractivity contribution in [2.45, 2.75) is 13.1 Å². The number of alkyl halides is 3. The number of anilines is 1. The number of nitrogens with one attached hydrogen (secondary N) is 3. The molecule has 0 heterocycles. The van der Waals surface area contributed by atoms with E-state index in [1.165, 1.54) is 19.1 Å². The third-order valence-electron chi connectivity index (χ3n) is 2.06. The van der Waals surface area contributed by atoms with E-state index in [0.29, 0.717) is 0 Å². The van der Waals surface area contributed by atoms with E-state index in [1.807, 2.05) is 10.6 Å². The molecule has 0 unspecified atom stereocenters. The summed E-state index contributed by atoms with van der Waals surface area (Å²) in [6, 6.07) is 2.53. The van der Waals surface area contributed by atoms with Crippen molar-refractivity contribution in [2.75, 3.05) is 5.32 Å². The van der Waals surface area contributed by atoms with Gasteiger partial charge in [-0.25, -0.2) is 4.79 Å². The third kappa shape index (κ3) is 3.37. The number of benzene rings is 1. The zero-order valence-corrected chi connectivity index (χ0v) is 9.35. The topological polar surface area (TPSA) is 91.0 Å². The van der Waals surface area contributed by atoms with Crippen LogP contribution in [0.5, 0.6) is 0 Å². The number of hydrogen-bond donors (Lipinski definition) is 4. The van der Waals surface area contributed by atoms with Crippen molar-refractivity contribution in [3.63, 3.8) is 0 Å². The first-order valence-corrected chi connectivity index (χ1v) is 4.80. The molecule has 0 aromatic heterocycles. The Morgan fingerprint density at radius 3 is 2.50 bits per heavy atom. The van der Waals surface area contributed by atoms with Gasteiger partial charge in [-0.15, -0.1) is 0 Å². The molecule has 1 rings (SSSR count). The average Bonchev–Trinajstić information content (AvgIpc) is 2.18. The summed E-state index contributed by atoms with van der Waals surface area (Å²) in [6.45, 7) is 1.43. The van der Waals surface area contributed by atoms with Gasteiger partial charge in [0, 0.05) is 0 Å². The smallest absolute Gasteiger partial charge is 0.370 e. The quantitative estimate of drug-likeness (QED) is 0.459. The van der Waals surface area contributed by atoms with Gasteiger partial charge >= 0.3 is 12.2 Å². The number of nitrogens with two attached hydrogens (primary N) is 1. The normalized spacial score (nSPS) is 10.9. The lowest BCUT2D eigenvalue weighted by Gasteiger charge is -2.16. The summed E-state index contributed by atoms with van der Waals surface area (Å²) in [5.41, 5.74) is 3.84. The Hall–Kier alpha value is -2.25. The van der Waals surface area contributed by atoms with E-state index in [4.69, 9.17) is 11.1 Å². The second-order valence-corrected chi connectivity index (χ2v) is 3.49. The number of carbonyl (C=O) groups excluding carboxylic acids is 1. The molecule has 0 bridgehead atoms. The standard InChI is InChI=1S/C10H11F3N4O/c1-5-3-2-4-6(10(11,12)13)7(5)16-9(18)17-8(14)15/h2-4H,1H3,(H5,14,15,16,17,18). The van der Waals surface area contributed by atoms with Gasteiger partial charge in [0.05, 0.1) is 11.3 Å². The zero-order chi connectivity index (χ0) is 13.9. The summed E-state index contributed by atoms with van der Waals surface area (Å²) in [5, 5.41) is 10.7. The third-order valence-corrected chi connectivity index (χ3v) is 2.06. The Bertz CT molecular complexity index is 485. The fourth-order valence-corrected chi connectivity index (χ4v) is 1.34. The van der Waals surface area contributed by atoms with Gasteiger partial charge in [0.1, 0.15) is 0 Å². The molecule has 0 saturated heterocycles. The number of urea groups is 1. The van der Waals surface area contributed by atoms with Gasteiger partial charge in [0.2, 0.25) is 0 Å². The second kappa shape index (κ2) is 4.94. The van der Waals surface area contributed by atoms with Gasteiger partial charge in [-0.2, -0.15) is 13.2 Å². The molecule has 0 aliphatic heterocycles. The Morgan fingerprint density at radius 2 is 2.00 bits per heavy atom. The fraction of sp³-hybridized carbons (Fsp3) is 0.200. The van der Waals surface area contributed by atoms with Crippen molar-refractivity contribution in [3.8, 4) is 0 Å². The van der Waals surface area contributed by atoms with Crippen LogP contribution in [0.25, 0.3) is 0 Å². The van der Waals surface area contributed by atoms with E-state index in [1.54, 1.807) is 0 Å². The summed E-state index contributed by atoms with van der Waals surface area (Å²) in [7, 11) is 0. The largest absolute Gasteiger partial charge is 0.418 e. The van der Waals surface area contributed by atoms with Crippen molar-refractivity contribution >= 4 is 17.7 Å². The molecular formula is C10H11F3N4O. The second-order valence-electron chi connectivity index (χ2n) is 3.49. The van der Waals surface area contributed by atoms with Gasteiger partial charge in [0.15, 0.2) is 5.96 Å². The number of rotatable bonds is 1. The monoisotopic (exact) mass is 260 g/mol. The number of halogens is 3. The summed E-state index contributed by atoms with van der Waals surface area (Å²) >= 11 is 0. The number of amides is 2. The Kier molecular flexibility index (Phi) is 3.79. The highest BCUT2D eigenvalue weighted by Crippen LogP contribution is 2.36. The summed E-state index contributed by atoms with van der Waals surface area (Å²) < 4.78 is 38.1. The van der Waals surface area contributed by atoms with E-state index < -0.39 is 23.7 Å². The summed E-state index contributed by atoms with van der Waals surface area (Å²) in [6.07, 6.45) is -4.58. The number of aryl methyl sites for hydroxylation is 1. The van der Waals surface area contributed by atoms with E-state index in [0.717, 1.165) is 6.07 Å². The molecular weight excluding hydrogens is 249 g/mol. The van der Waals surface area contributed by atoms with Crippen LogP contribution < -0.4 is 16.4 Å². The maximum Gasteiger partial charge on any atom is 0.418 e. The molecule has 18 heavy (non-hydrogen) atoms. The van der Waals surface area contributed by atoms with E-state index in [9.17, 15) is 18.0 Å². The minimum absolute atomic E-state index is 0.253. The van der Waals surface area contributed by atoms with Crippen LogP contribution in [0.3, 0.4) is 0 Å². The van der Waals surface area contributed by atoms with Gasteiger partial charge in [0.25, 0.3) is 0 Å². The van der Waals surface area contributed by atoms with Gasteiger partial charge in [-0.3, -0.25) is 10.7 Å². The molecule has 5 nitrogen and oxygen atoms in total. The lowest BCUT2D eigenvalue weighted by atomic mass is 10.1. The molecule has 98 valence electrons. The summed E-state index contributed by atoms with van der Waals surface area (Å²) in [5.74, 6) is -0.658. The highest BCUT2D eigenvalue weighted by Gasteiger charge is 2.34. The predicted molar refractivity (Wildman–Crippen MR) is 60.2 cm³/mol. The van der Waals surface area contributed by atoms with E-state index in [-0.39, 0.29) is 11.3 Å². The van der Waals surface area contributed by atoms with Crippen molar-refractivity contribution < 1.29 is 18.0 Å². The average molecular weight is 260 g/mol. The highest BCUT2D eigenvalue weighted by atomic mass is 19.4. The van der Waals surface area contributed by atoms with Crippen LogP contribution in [0.15, 0.2) is 18.2 Å². The molecule has 0 saturated carbocycles. The first-order valence-electron chi connectivity index (χ1n) is 4.80. The van der Waals surface area contributed by atoms with Crippen LogP contribution >= 0.6 is 0 Å². The van der Waals surface area contributed by atoms with Crippen molar-refractivity contribution in [3.05, 3.63) is 29.3 Å². The molecule has 5 N–H and O–H groups in total. The summed E-state index contributed by atoms with van der Waals surface area (Å²) in [4.78, 5) is 11.2. The molecule has 0 spiro atoms. The fourth-order valence-electron chi connectivity index (χ4n) is 1.34. The molecule has 1 aromatic rings. The molecule has 2 amide bonds. The number of guanidine groups is 1. The number of hydrogen-bond acceptors (Lipinski definition) is 2. The highest BCUT2D eigenvalue weighted by molar-refractivity contribution is 6.01. The molecule has 0 radical (unpaired) electrons. The molecule has 0 fully saturated rings. The Morgan fingerprint density at radius 1 is 1.39 bits per heavy atom. The van der Waals surface area contributed by atoms with E-state index in [2.05, 4.69) is 0 Å². The maximum absolute atomic E-state index is 12.7. The van der Waals surface area contributed by atoms with Gasteiger partial charge in [-0.05, 0) is 18.6 Å². The van der Waals surface area contributed by atoms with Crippen molar-refractivity contribution in [1.82, 2.24) is 5.32 Å². The first kappa shape index (κ1) is 13.8. The van der Waals surface area contributed by atoms with Crippen LogP contribution in [-0.2, 0) is 6.18 Å². The molecule has 0 aliphatic carbocycles. The minimum atomic E-state index is -4.58. The predicted octanol–water partition coefficient (Wildman–Crippen LogP) is 2.03. The van der Waals surface area contributed by atoms with Crippen LogP contribution in [0.2, 0.25) is 0 Å². The maximum atomic E-state index is 12.7. The molecule has 1 aromatic carbocycles. The first-order chi connectivity index (χ1) is 8.21. The molecule has 0 aliphatic rings. The Balaban J connectivity index is 3.08. The van der Waals surface area contributed by atoms with Crippen LogP contribution in [0, 0.1) is 12.3 Å².